The lowest BCUT2D eigenvalue weighted by Crippen LogP contribution is -2.57. The van der Waals surface area contributed by atoms with Crippen LogP contribution in [-0.4, -0.2) is 40.2 Å². The molecule has 0 radical (unpaired) electrons. The second-order valence-corrected chi connectivity index (χ2v) is 3.64. The molecule has 15 heavy (non-hydrogen) atoms. The van der Waals surface area contributed by atoms with Crippen molar-refractivity contribution in [2.24, 2.45) is 5.73 Å². The van der Waals surface area contributed by atoms with Gasteiger partial charge < -0.3 is 20.8 Å². The third kappa shape index (κ3) is 1.61. The zero-order chi connectivity index (χ0) is 11.0. The van der Waals surface area contributed by atoms with Crippen molar-refractivity contribution in [2.75, 3.05) is 13.1 Å². The number of hydrogen-bond donors (Lipinski definition) is 3. The fraction of sp³-hybridized carbons (Fsp3) is 0.300. The number of para-hydroxylation sites is 1. The molecule has 2 rings (SSSR count). The third-order valence-corrected chi connectivity index (χ3v) is 2.44. The Morgan fingerprint density at radius 2 is 2.07 bits per heavy atom. The summed E-state index contributed by atoms with van der Waals surface area (Å²) in [6.07, 6.45) is 0. The number of carbonyl (C=O) groups is 1. The Labute approximate surface area is 86.7 Å². The van der Waals surface area contributed by atoms with Gasteiger partial charge in [-0.25, -0.2) is 0 Å². The van der Waals surface area contributed by atoms with Crippen LogP contribution in [0.5, 0.6) is 11.5 Å². The van der Waals surface area contributed by atoms with Crippen LogP contribution in [0.15, 0.2) is 18.2 Å². The van der Waals surface area contributed by atoms with Crippen molar-refractivity contribution in [1.29, 1.82) is 0 Å². The Hall–Kier alpha value is -1.75. The van der Waals surface area contributed by atoms with E-state index in [2.05, 4.69) is 0 Å². The van der Waals surface area contributed by atoms with Gasteiger partial charge in [-0.3, -0.25) is 4.79 Å². The molecule has 0 aromatic heterocycles. The van der Waals surface area contributed by atoms with E-state index in [1.807, 2.05) is 0 Å². The van der Waals surface area contributed by atoms with Crippen LogP contribution < -0.4 is 5.73 Å². The molecule has 1 saturated heterocycles. The molecular formula is C10H12N2O3. The summed E-state index contributed by atoms with van der Waals surface area (Å²) in [5, 5.41) is 18.7. The van der Waals surface area contributed by atoms with Crippen LogP contribution >= 0.6 is 0 Å². The SMILES string of the molecule is NC1CN(C(=O)c2cccc(O)c2O)C1. The normalized spacial score (nSPS) is 16.2. The predicted octanol–water partition coefficient (Wildman–Crippen LogP) is -0.119. The molecule has 0 unspecified atom stereocenters. The first-order valence-electron chi connectivity index (χ1n) is 4.65. The fourth-order valence-electron chi connectivity index (χ4n) is 1.55. The molecule has 1 aromatic carbocycles. The van der Waals surface area contributed by atoms with Gasteiger partial charge in [0.15, 0.2) is 11.5 Å². The van der Waals surface area contributed by atoms with Gasteiger partial charge in [0.05, 0.1) is 5.56 Å². The second kappa shape index (κ2) is 3.43. The lowest BCUT2D eigenvalue weighted by Gasteiger charge is -2.36. The van der Waals surface area contributed by atoms with Crippen LogP contribution in [0.1, 0.15) is 10.4 Å². The van der Waals surface area contributed by atoms with Gasteiger partial charge in [0, 0.05) is 19.1 Å². The number of carbonyl (C=O) groups excluding carboxylic acids is 1. The molecule has 1 amide bonds. The highest BCUT2D eigenvalue weighted by Crippen LogP contribution is 2.29. The molecule has 0 spiro atoms. The molecule has 0 atom stereocenters. The van der Waals surface area contributed by atoms with Gasteiger partial charge in [-0.2, -0.15) is 0 Å². The number of benzene rings is 1. The Kier molecular flexibility index (Phi) is 2.24. The molecule has 0 aliphatic carbocycles. The van der Waals surface area contributed by atoms with E-state index in [4.69, 9.17) is 5.73 Å². The minimum Gasteiger partial charge on any atom is -0.504 e. The van der Waals surface area contributed by atoms with Gasteiger partial charge >= 0.3 is 0 Å². The zero-order valence-electron chi connectivity index (χ0n) is 8.05. The van der Waals surface area contributed by atoms with E-state index in [0.29, 0.717) is 13.1 Å². The van der Waals surface area contributed by atoms with E-state index in [1.165, 1.54) is 23.1 Å². The summed E-state index contributed by atoms with van der Waals surface area (Å²) in [7, 11) is 0. The van der Waals surface area contributed by atoms with E-state index in [0.717, 1.165) is 0 Å². The lowest BCUT2D eigenvalue weighted by molar-refractivity contribution is 0.0604. The van der Waals surface area contributed by atoms with Gasteiger partial charge in [-0.15, -0.1) is 0 Å². The monoisotopic (exact) mass is 208 g/mol. The Morgan fingerprint density at radius 3 is 2.67 bits per heavy atom. The highest BCUT2D eigenvalue weighted by molar-refractivity contribution is 5.98. The molecular weight excluding hydrogens is 196 g/mol. The first-order chi connectivity index (χ1) is 7.09. The summed E-state index contributed by atoms with van der Waals surface area (Å²) >= 11 is 0. The number of likely N-dealkylation sites (tertiary alicyclic amines) is 1. The number of aromatic hydroxyl groups is 2. The predicted molar refractivity (Wildman–Crippen MR) is 53.7 cm³/mol. The topological polar surface area (TPSA) is 86.8 Å². The van der Waals surface area contributed by atoms with Gasteiger partial charge in [-0.1, -0.05) is 6.07 Å². The van der Waals surface area contributed by atoms with E-state index in [1.54, 1.807) is 0 Å². The minimum atomic E-state index is -0.372. The number of hydrogen-bond acceptors (Lipinski definition) is 4. The number of rotatable bonds is 1. The Bertz CT molecular complexity index is 400. The van der Waals surface area contributed by atoms with Crippen molar-refractivity contribution >= 4 is 5.91 Å². The molecule has 1 aliphatic rings. The third-order valence-electron chi connectivity index (χ3n) is 2.44. The van der Waals surface area contributed by atoms with Crippen LogP contribution in [0.2, 0.25) is 0 Å². The second-order valence-electron chi connectivity index (χ2n) is 3.64. The molecule has 1 fully saturated rings. The average molecular weight is 208 g/mol. The van der Waals surface area contributed by atoms with E-state index in [-0.39, 0.29) is 29.0 Å². The first-order valence-corrected chi connectivity index (χ1v) is 4.65. The number of nitrogens with zero attached hydrogens (tertiary/aromatic N) is 1. The standard InChI is InChI=1S/C10H12N2O3/c11-6-4-12(5-6)10(15)7-2-1-3-8(13)9(7)14/h1-3,6,13-14H,4-5,11H2. The maximum absolute atomic E-state index is 11.7. The Balaban J connectivity index is 2.22. The Morgan fingerprint density at radius 1 is 1.40 bits per heavy atom. The van der Waals surface area contributed by atoms with Crippen LogP contribution in [0.3, 0.4) is 0 Å². The van der Waals surface area contributed by atoms with Crippen LogP contribution in [0, 0.1) is 0 Å². The van der Waals surface area contributed by atoms with E-state index < -0.39 is 0 Å². The lowest BCUT2D eigenvalue weighted by atomic mass is 10.1. The summed E-state index contributed by atoms with van der Waals surface area (Å²) in [6, 6.07) is 4.34. The molecule has 1 heterocycles. The highest BCUT2D eigenvalue weighted by atomic mass is 16.3. The summed E-state index contributed by atoms with van der Waals surface area (Å²) in [4.78, 5) is 13.3. The number of amides is 1. The molecule has 0 bridgehead atoms. The summed E-state index contributed by atoms with van der Waals surface area (Å²) in [6.45, 7) is 0.988. The maximum Gasteiger partial charge on any atom is 0.257 e. The van der Waals surface area contributed by atoms with Crippen molar-refractivity contribution in [1.82, 2.24) is 4.90 Å². The zero-order valence-corrected chi connectivity index (χ0v) is 8.05. The number of phenolic OH excluding ortho intramolecular Hbond substituents is 2. The summed E-state index contributed by atoms with van der Waals surface area (Å²) < 4.78 is 0. The smallest absolute Gasteiger partial charge is 0.257 e. The fourth-order valence-corrected chi connectivity index (χ4v) is 1.55. The molecule has 4 N–H and O–H groups in total. The molecule has 1 aliphatic heterocycles. The molecule has 80 valence electrons. The molecule has 5 nitrogen and oxygen atoms in total. The molecule has 0 saturated carbocycles. The van der Waals surface area contributed by atoms with E-state index >= 15 is 0 Å². The maximum atomic E-state index is 11.7. The highest BCUT2D eigenvalue weighted by Gasteiger charge is 2.30. The van der Waals surface area contributed by atoms with Crippen molar-refractivity contribution < 1.29 is 15.0 Å². The van der Waals surface area contributed by atoms with Gasteiger partial charge in [0.25, 0.3) is 5.91 Å². The van der Waals surface area contributed by atoms with Crippen molar-refractivity contribution in [3.8, 4) is 11.5 Å². The van der Waals surface area contributed by atoms with E-state index in [9.17, 15) is 15.0 Å². The summed E-state index contributed by atoms with van der Waals surface area (Å²) in [5.41, 5.74) is 5.66. The van der Waals surface area contributed by atoms with Crippen molar-refractivity contribution in [2.45, 2.75) is 6.04 Å². The van der Waals surface area contributed by atoms with Crippen LogP contribution in [-0.2, 0) is 0 Å². The van der Waals surface area contributed by atoms with Crippen molar-refractivity contribution in [3.05, 3.63) is 23.8 Å². The largest absolute Gasteiger partial charge is 0.504 e. The van der Waals surface area contributed by atoms with Crippen LogP contribution in [0.25, 0.3) is 0 Å². The number of phenols is 2. The quantitative estimate of drug-likeness (QED) is 0.561. The minimum absolute atomic E-state index is 0.0217. The van der Waals surface area contributed by atoms with Crippen LogP contribution in [0.4, 0.5) is 0 Å². The van der Waals surface area contributed by atoms with Gasteiger partial charge in [0.2, 0.25) is 0 Å². The van der Waals surface area contributed by atoms with Gasteiger partial charge in [-0.05, 0) is 12.1 Å². The number of nitrogens with two attached hydrogens (primary N) is 1. The van der Waals surface area contributed by atoms with Crippen molar-refractivity contribution in [3.63, 3.8) is 0 Å². The molecule has 1 aromatic rings. The first kappa shape index (κ1) is 9.79. The van der Waals surface area contributed by atoms with Gasteiger partial charge in [0.1, 0.15) is 0 Å². The average Bonchev–Trinajstić information content (AvgIpc) is 2.16. The summed E-state index contributed by atoms with van der Waals surface area (Å²) in [5.74, 6) is -0.959. The molecule has 5 heteroatoms.